The first-order chi connectivity index (χ1) is 5.08. The normalized spacial score (nSPS) is 29.6. The second kappa shape index (κ2) is 2.71. The first kappa shape index (κ1) is 8.35. The third-order valence-corrected chi connectivity index (χ3v) is 2.41. The van der Waals surface area contributed by atoms with E-state index in [9.17, 15) is 0 Å². The Kier molecular flexibility index (Phi) is 2.05. The summed E-state index contributed by atoms with van der Waals surface area (Å²) in [6.45, 7) is 7.43. The lowest BCUT2D eigenvalue weighted by atomic mass is 9.97. The Labute approximate surface area is 67.6 Å². The number of rotatable bonds is 0. The minimum Gasteiger partial charge on any atom is -0.372 e. The zero-order chi connectivity index (χ0) is 8.48. The molecule has 0 spiro atoms. The van der Waals surface area contributed by atoms with Crippen LogP contribution in [-0.2, 0) is 4.74 Å². The van der Waals surface area contributed by atoms with Crippen molar-refractivity contribution in [2.45, 2.75) is 32.4 Å². The Morgan fingerprint density at radius 2 is 2.27 bits per heavy atom. The molecule has 3 heteroatoms. The number of hydrogen-bond acceptors (Lipinski definition) is 3. The predicted octanol–water partition coefficient (Wildman–Crippen LogP) is 0.967. The van der Waals surface area contributed by atoms with Gasteiger partial charge in [-0.15, -0.1) is 0 Å². The van der Waals surface area contributed by atoms with Gasteiger partial charge in [0.25, 0.3) is 0 Å². The summed E-state index contributed by atoms with van der Waals surface area (Å²) < 4.78 is 5.52. The molecule has 0 saturated carbocycles. The summed E-state index contributed by atoms with van der Waals surface area (Å²) >= 11 is 0. The molecule has 3 nitrogen and oxygen atoms in total. The van der Waals surface area contributed by atoms with Crippen molar-refractivity contribution in [1.29, 1.82) is 5.26 Å². The molecule has 0 unspecified atom stereocenters. The SMILES string of the molecule is C[C@H]1N(C#N)CCOC1(C)C. The van der Waals surface area contributed by atoms with Crippen molar-refractivity contribution in [2.75, 3.05) is 13.2 Å². The lowest BCUT2D eigenvalue weighted by Crippen LogP contribution is -2.53. The van der Waals surface area contributed by atoms with E-state index in [1.807, 2.05) is 20.8 Å². The smallest absolute Gasteiger partial charge is 0.179 e. The van der Waals surface area contributed by atoms with Crippen molar-refractivity contribution in [3.8, 4) is 6.19 Å². The molecule has 0 aromatic heterocycles. The molecule has 1 heterocycles. The minimum absolute atomic E-state index is 0.182. The summed E-state index contributed by atoms with van der Waals surface area (Å²) in [6.07, 6.45) is 2.16. The highest BCUT2D eigenvalue weighted by Gasteiger charge is 2.34. The second-order valence-corrected chi connectivity index (χ2v) is 3.42. The van der Waals surface area contributed by atoms with Gasteiger partial charge in [0.2, 0.25) is 0 Å². The Hall–Kier alpha value is -0.750. The lowest BCUT2D eigenvalue weighted by Gasteiger charge is -2.41. The van der Waals surface area contributed by atoms with Crippen LogP contribution in [0.2, 0.25) is 0 Å². The highest BCUT2D eigenvalue weighted by atomic mass is 16.5. The quantitative estimate of drug-likeness (QED) is 0.488. The van der Waals surface area contributed by atoms with Gasteiger partial charge in [0, 0.05) is 0 Å². The fraction of sp³-hybridized carbons (Fsp3) is 0.875. The van der Waals surface area contributed by atoms with Gasteiger partial charge in [-0.05, 0) is 20.8 Å². The van der Waals surface area contributed by atoms with Crippen molar-refractivity contribution in [3.05, 3.63) is 0 Å². The predicted molar refractivity (Wildman–Crippen MR) is 41.8 cm³/mol. The van der Waals surface area contributed by atoms with Crippen molar-refractivity contribution >= 4 is 0 Å². The van der Waals surface area contributed by atoms with Crippen LogP contribution >= 0.6 is 0 Å². The third kappa shape index (κ3) is 1.46. The molecule has 1 rings (SSSR count). The molecule has 0 aliphatic carbocycles. The number of ether oxygens (including phenoxy) is 1. The van der Waals surface area contributed by atoms with E-state index in [1.54, 1.807) is 4.90 Å². The highest BCUT2D eigenvalue weighted by molar-refractivity contribution is 4.93. The van der Waals surface area contributed by atoms with E-state index in [2.05, 4.69) is 6.19 Å². The van der Waals surface area contributed by atoms with E-state index >= 15 is 0 Å². The molecule has 1 saturated heterocycles. The van der Waals surface area contributed by atoms with E-state index in [0.717, 1.165) is 6.54 Å². The summed E-state index contributed by atoms with van der Waals surface area (Å²) in [5.74, 6) is 0. The van der Waals surface area contributed by atoms with Crippen LogP contribution < -0.4 is 0 Å². The molecular formula is C8H14N2O. The standard InChI is InChI=1S/C8H14N2O/c1-7-8(2,3)11-5-4-10(7)6-9/h7H,4-5H2,1-3H3/t7-/m1/s1. The largest absolute Gasteiger partial charge is 0.372 e. The Morgan fingerprint density at radius 3 is 2.73 bits per heavy atom. The average molecular weight is 154 g/mol. The molecule has 0 N–H and O–H groups in total. The Morgan fingerprint density at radius 1 is 1.64 bits per heavy atom. The molecule has 62 valence electrons. The van der Waals surface area contributed by atoms with Crippen LogP contribution in [0, 0.1) is 11.5 Å². The van der Waals surface area contributed by atoms with Crippen molar-refractivity contribution in [1.82, 2.24) is 4.90 Å². The van der Waals surface area contributed by atoms with E-state index in [-0.39, 0.29) is 11.6 Å². The number of hydrogen-bond donors (Lipinski definition) is 0. The molecule has 1 aliphatic rings. The maximum atomic E-state index is 8.71. The van der Waals surface area contributed by atoms with E-state index in [1.165, 1.54) is 0 Å². The van der Waals surface area contributed by atoms with Gasteiger partial charge in [0.05, 0.1) is 24.8 Å². The van der Waals surface area contributed by atoms with Gasteiger partial charge in [0.1, 0.15) is 0 Å². The fourth-order valence-electron chi connectivity index (χ4n) is 1.23. The molecular weight excluding hydrogens is 140 g/mol. The molecule has 0 aromatic rings. The first-order valence-electron chi connectivity index (χ1n) is 3.88. The molecule has 1 atom stereocenters. The van der Waals surface area contributed by atoms with E-state index in [4.69, 9.17) is 10.00 Å². The van der Waals surface area contributed by atoms with Crippen LogP contribution in [0.15, 0.2) is 0 Å². The fourth-order valence-corrected chi connectivity index (χ4v) is 1.23. The summed E-state index contributed by atoms with van der Waals surface area (Å²) in [7, 11) is 0. The van der Waals surface area contributed by atoms with E-state index < -0.39 is 0 Å². The Bertz CT molecular complexity index is 183. The number of nitrogens with zero attached hydrogens (tertiary/aromatic N) is 2. The van der Waals surface area contributed by atoms with Gasteiger partial charge in [-0.3, -0.25) is 0 Å². The van der Waals surface area contributed by atoms with E-state index in [0.29, 0.717) is 6.61 Å². The Balaban J connectivity index is 2.69. The first-order valence-corrected chi connectivity index (χ1v) is 3.88. The van der Waals surface area contributed by atoms with Crippen LogP contribution in [0.5, 0.6) is 0 Å². The average Bonchev–Trinajstić information content (AvgIpc) is 1.95. The molecule has 0 radical (unpaired) electrons. The number of morpholine rings is 1. The molecule has 0 aromatic carbocycles. The molecule has 1 fully saturated rings. The van der Waals surface area contributed by atoms with Crippen LogP contribution in [0.25, 0.3) is 0 Å². The number of nitriles is 1. The van der Waals surface area contributed by atoms with Crippen molar-refractivity contribution in [3.63, 3.8) is 0 Å². The van der Waals surface area contributed by atoms with Crippen LogP contribution in [0.1, 0.15) is 20.8 Å². The van der Waals surface area contributed by atoms with Gasteiger partial charge in [-0.25, -0.2) is 0 Å². The summed E-state index contributed by atoms with van der Waals surface area (Å²) in [4.78, 5) is 1.77. The van der Waals surface area contributed by atoms with Crippen molar-refractivity contribution in [2.24, 2.45) is 0 Å². The van der Waals surface area contributed by atoms with Gasteiger partial charge in [0.15, 0.2) is 6.19 Å². The third-order valence-electron chi connectivity index (χ3n) is 2.41. The van der Waals surface area contributed by atoms with Gasteiger partial charge < -0.3 is 9.64 Å². The van der Waals surface area contributed by atoms with Crippen LogP contribution in [0.4, 0.5) is 0 Å². The van der Waals surface area contributed by atoms with Crippen LogP contribution in [-0.4, -0.2) is 29.7 Å². The zero-order valence-electron chi connectivity index (χ0n) is 7.29. The van der Waals surface area contributed by atoms with Gasteiger partial charge in [-0.1, -0.05) is 0 Å². The van der Waals surface area contributed by atoms with Crippen LogP contribution in [0.3, 0.4) is 0 Å². The monoisotopic (exact) mass is 154 g/mol. The molecule has 1 aliphatic heterocycles. The van der Waals surface area contributed by atoms with Gasteiger partial charge in [-0.2, -0.15) is 5.26 Å². The van der Waals surface area contributed by atoms with Crippen molar-refractivity contribution < 1.29 is 4.74 Å². The highest BCUT2D eigenvalue weighted by Crippen LogP contribution is 2.23. The topological polar surface area (TPSA) is 36.3 Å². The minimum atomic E-state index is -0.187. The molecule has 0 amide bonds. The molecule has 0 bridgehead atoms. The maximum absolute atomic E-state index is 8.71. The second-order valence-electron chi connectivity index (χ2n) is 3.42. The summed E-state index contributed by atoms with van der Waals surface area (Å²) in [6, 6.07) is 0.182. The molecule has 11 heavy (non-hydrogen) atoms. The lowest BCUT2D eigenvalue weighted by molar-refractivity contribution is -0.104. The van der Waals surface area contributed by atoms with Gasteiger partial charge >= 0.3 is 0 Å². The summed E-state index contributed by atoms with van der Waals surface area (Å²) in [5.41, 5.74) is -0.187. The zero-order valence-corrected chi connectivity index (χ0v) is 7.29. The summed E-state index contributed by atoms with van der Waals surface area (Å²) in [5, 5.41) is 8.71. The maximum Gasteiger partial charge on any atom is 0.179 e.